The van der Waals surface area contributed by atoms with Crippen LogP contribution in [0.2, 0.25) is 5.02 Å². The Labute approximate surface area is 178 Å². The van der Waals surface area contributed by atoms with Gasteiger partial charge in [0.2, 0.25) is 5.82 Å². The highest BCUT2D eigenvalue weighted by molar-refractivity contribution is 6.30. The number of ether oxygens (including phenoxy) is 2. The lowest BCUT2D eigenvalue weighted by Gasteiger charge is -2.24. The van der Waals surface area contributed by atoms with Crippen molar-refractivity contribution in [3.8, 4) is 28.7 Å². The van der Waals surface area contributed by atoms with E-state index in [1.807, 2.05) is 54.1 Å². The van der Waals surface area contributed by atoms with E-state index < -0.39 is 0 Å². The van der Waals surface area contributed by atoms with E-state index in [-0.39, 0.29) is 6.10 Å². The van der Waals surface area contributed by atoms with Crippen LogP contribution in [0.4, 0.5) is 0 Å². The van der Waals surface area contributed by atoms with Gasteiger partial charge in [-0.1, -0.05) is 28.9 Å². The Morgan fingerprint density at radius 1 is 1.13 bits per heavy atom. The first kappa shape index (κ1) is 18.8. The van der Waals surface area contributed by atoms with Gasteiger partial charge < -0.3 is 14.0 Å². The molecular weight excluding hydrogens is 404 g/mol. The molecule has 0 saturated carbocycles. The number of hydrogen-bond acceptors (Lipinski definition) is 6. The second-order valence-electron chi connectivity index (χ2n) is 6.93. The van der Waals surface area contributed by atoms with Gasteiger partial charge in [-0.15, -0.1) is 0 Å². The highest BCUT2D eigenvalue weighted by Gasteiger charge is 2.24. The molecule has 2 aromatic carbocycles. The maximum atomic E-state index is 6.04. The van der Waals surface area contributed by atoms with Crippen molar-refractivity contribution in [2.75, 3.05) is 6.61 Å². The number of hydrogen-bond donors (Lipinski definition) is 0. The Balaban J connectivity index is 1.34. The van der Waals surface area contributed by atoms with E-state index in [9.17, 15) is 0 Å². The van der Waals surface area contributed by atoms with Crippen molar-refractivity contribution >= 4 is 11.6 Å². The third kappa shape index (κ3) is 3.69. The molecule has 0 bridgehead atoms. The first-order valence-electron chi connectivity index (χ1n) is 9.70. The van der Waals surface area contributed by atoms with Crippen LogP contribution in [-0.4, -0.2) is 26.5 Å². The van der Waals surface area contributed by atoms with Gasteiger partial charge in [0.15, 0.2) is 5.69 Å². The van der Waals surface area contributed by atoms with Gasteiger partial charge in [0.05, 0.1) is 25.5 Å². The van der Waals surface area contributed by atoms with Gasteiger partial charge in [-0.25, -0.2) is 0 Å². The molecule has 152 valence electrons. The molecule has 0 unspecified atom stereocenters. The molecule has 3 heterocycles. The minimum atomic E-state index is -0.0757. The van der Waals surface area contributed by atoms with E-state index in [1.54, 1.807) is 12.1 Å². The van der Waals surface area contributed by atoms with Crippen LogP contribution in [0, 0.1) is 0 Å². The molecule has 0 N–H and O–H groups in total. The number of fused-ring (bicyclic) bond motifs is 1. The molecule has 1 aliphatic rings. The molecule has 8 heteroatoms. The average molecular weight is 423 g/mol. The smallest absolute Gasteiger partial charge is 0.278 e. The van der Waals surface area contributed by atoms with E-state index in [4.69, 9.17) is 25.6 Å². The van der Waals surface area contributed by atoms with E-state index in [1.165, 1.54) is 0 Å². The molecule has 0 aliphatic carbocycles. The van der Waals surface area contributed by atoms with Crippen molar-refractivity contribution in [3.05, 3.63) is 70.9 Å². The zero-order chi connectivity index (χ0) is 20.5. The SMILES string of the molecule is CCOc1ccc([C@@H]2Cn3nc(-c4nc(-c5ccc(Cl)cc5)no4)cc3CO2)cc1. The predicted octanol–water partition coefficient (Wildman–Crippen LogP) is 4.92. The second-order valence-corrected chi connectivity index (χ2v) is 7.37. The van der Waals surface area contributed by atoms with Crippen LogP contribution in [0.5, 0.6) is 5.75 Å². The summed E-state index contributed by atoms with van der Waals surface area (Å²) in [7, 11) is 0. The van der Waals surface area contributed by atoms with Crippen molar-refractivity contribution < 1.29 is 14.0 Å². The molecule has 0 spiro atoms. The summed E-state index contributed by atoms with van der Waals surface area (Å²) in [6.07, 6.45) is -0.0757. The first-order chi connectivity index (χ1) is 14.7. The average Bonchev–Trinajstić information content (AvgIpc) is 3.42. The van der Waals surface area contributed by atoms with E-state index in [2.05, 4.69) is 15.2 Å². The molecule has 1 atom stereocenters. The molecule has 0 amide bonds. The molecule has 0 fully saturated rings. The van der Waals surface area contributed by atoms with Crippen molar-refractivity contribution in [1.82, 2.24) is 19.9 Å². The van der Waals surface area contributed by atoms with Gasteiger partial charge >= 0.3 is 0 Å². The first-order valence-corrected chi connectivity index (χ1v) is 10.1. The summed E-state index contributed by atoms with van der Waals surface area (Å²) >= 11 is 5.94. The molecule has 5 rings (SSSR count). The van der Waals surface area contributed by atoms with Gasteiger partial charge in [-0.05, 0) is 55.0 Å². The molecule has 1 aliphatic heterocycles. The molecule has 2 aromatic heterocycles. The van der Waals surface area contributed by atoms with Crippen molar-refractivity contribution in [2.24, 2.45) is 0 Å². The minimum Gasteiger partial charge on any atom is -0.494 e. The third-order valence-electron chi connectivity index (χ3n) is 4.94. The fraction of sp³-hybridized carbons (Fsp3) is 0.227. The van der Waals surface area contributed by atoms with Crippen LogP contribution in [0.15, 0.2) is 59.1 Å². The molecule has 4 aromatic rings. The van der Waals surface area contributed by atoms with Gasteiger partial charge in [0, 0.05) is 10.6 Å². The highest BCUT2D eigenvalue weighted by atomic mass is 35.5. The predicted molar refractivity (Wildman–Crippen MR) is 111 cm³/mol. The normalized spacial score (nSPS) is 15.7. The topological polar surface area (TPSA) is 75.2 Å². The van der Waals surface area contributed by atoms with Crippen LogP contribution in [0.25, 0.3) is 23.0 Å². The molecular formula is C22H19ClN4O3. The van der Waals surface area contributed by atoms with Crippen LogP contribution in [0.1, 0.15) is 24.3 Å². The summed E-state index contributed by atoms with van der Waals surface area (Å²) in [5, 5.41) is 9.38. The lowest BCUT2D eigenvalue weighted by Crippen LogP contribution is -2.21. The minimum absolute atomic E-state index is 0.0757. The number of aromatic nitrogens is 4. The van der Waals surface area contributed by atoms with Crippen LogP contribution in [-0.2, 0) is 17.9 Å². The largest absolute Gasteiger partial charge is 0.494 e. The van der Waals surface area contributed by atoms with E-state index >= 15 is 0 Å². The number of nitrogens with zero attached hydrogens (tertiary/aromatic N) is 4. The fourth-order valence-electron chi connectivity index (χ4n) is 3.42. The Bertz CT molecular complexity index is 1150. The standard InChI is InChI=1S/C22H19ClN4O3/c1-2-28-18-9-5-14(6-10-18)20-12-27-17(13-29-20)11-19(25-27)22-24-21(26-30-22)15-3-7-16(23)8-4-15/h3-11,20H,2,12-13H2,1H3/t20-/m0/s1. The van der Waals surface area contributed by atoms with E-state index in [0.29, 0.717) is 42.2 Å². The Kier molecular flexibility index (Phi) is 4.98. The number of halogens is 1. The lowest BCUT2D eigenvalue weighted by atomic mass is 10.1. The number of benzene rings is 2. The number of rotatable bonds is 5. The van der Waals surface area contributed by atoms with Crippen LogP contribution < -0.4 is 4.74 Å². The molecule has 0 saturated heterocycles. The summed E-state index contributed by atoms with van der Waals surface area (Å²) in [5.41, 5.74) is 3.52. The summed E-state index contributed by atoms with van der Waals surface area (Å²) in [6.45, 7) is 3.69. The maximum Gasteiger partial charge on any atom is 0.278 e. The molecule has 0 radical (unpaired) electrons. The van der Waals surface area contributed by atoms with Crippen LogP contribution in [0.3, 0.4) is 0 Å². The maximum absolute atomic E-state index is 6.04. The summed E-state index contributed by atoms with van der Waals surface area (Å²) in [5.74, 6) is 1.72. The quantitative estimate of drug-likeness (QED) is 0.454. The summed E-state index contributed by atoms with van der Waals surface area (Å²) in [6, 6.07) is 17.2. The second kappa shape index (κ2) is 7.93. The zero-order valence-electron chi connectivity index (χ0n) is 16.3. The summed E-state index contributed by atoms with van der Waals surface area (Å²) in [4.78, 5) is 4.48. The monoisotopic (exact) mass is 422 g/mol. The third-order valence-corrected chi connectivity index (χ3v) is 5.20. The van der Waals surface area contributed by atoms with Gasteiger partial charge in [-0.3, -0.25) is 4.68 Å². The van der Waals surface area contributed by atoms with Crippen molar-refractivity contribution in [1.29, 1.82) is 0 Å². The van der Waals surface area contributed by atoms with Gasteiger partial charge in [0.1, 0.15) is 11.9 Å². The van der Waals surface area contributed by atoms with Gasteiger partial charge in [-0.2, -0.15) is 10.1 Å². The highest BCUT2D eigenvalue weighted by Crippen LogP contribution is 2.30. The zero-order valence-corrected chi connectivity index (χ0v) is 17.0. The fourth-order valence-corrected chi connectivity index (χ4v) is 3.55. The lowest BCUT2D eigenvalue weighted by molar-refractivity contribution is -0.00115. The Morgan fingerprint density at radius 3 is 2.70 bits per heavy atom. The molecule has 7 nitrogen and oxygen atoms in total. The van der Waals surface area contributed by atoms with Crippen molar-refractivity contribution in [2.45, 2.75) is 26.2 Å². The van der Waals surface area contributed by atoms with E-state index in [0.717, 1.165) is 22.6 Å². The van der Waals surface area contributed by atoms with Gasteiger partial charge in [0.25, 0.3) is 5.89 Å². The summed E-state index contributed by atoms with van der Waals surface area (Å²) < 4.78 is 18.9. The van der Waals surface area contributed by atoms with Crippen LogP contribution >= 0.6 is 11.6 Å². The molecule has 30 heavy (non-hydrogen) atoms. The van der Waals surface area contributed by atoms with Crippen molar-refractivity contribution in [3.63, 3.8) is 0 Å². The Morgan fingerprint density at radius 2 is 1.93 bits per heavy atom. The Hall–Kier alpha value is -3.16.